The SMILES string of the molecule is Fc1cc(NC2(c3ccccc3)CC2)cc(F)c1SNc1cscn1. The zero-order valence-electron chi connectivity index (χ0n) is 13.1. The average Bonchev–Trinajstić information content (AvgIpc) is 3.19. The quantitative estimate of drug-likeness (QED) is 0.547. The fraction of sp³-hybridized carbons (Fsp3) is 0.167. The van der Waals surface area contributed by atoms with E-state index in [0.29, 0.717) is 11.5 Å². The lowest BCUT2D eigenvalue weighted by Crippen LogP contribution is -2.18. The van der Waals surface area contributed by atoms with Gasteiger partial charge in [-0.25, -0.2) is 13.8 Å². The second kappa shape index (κ2) is 6.65. The molecule has 3 nitrogen and oxygen atoms in total. The zero-order chi connectivity index (χ0) is 17.3. The number of thiazole rings is 1. The molecule has 1 aliphatic rings. The molecule has 0 atom stereocenters. The highest BCUT2D eigenvalue weighted by Crippen LogP contribution is 2.48. The van der Waals surface area contributed by atoms with Gasteiger partial charge in [0.2, 0.25) is 0 Å². The van der Waals surface area contributed by atoms with E-state index in [1.165, 1.54) is 23.5 Å². The molecular formula is C18H15F2N3S2. The van der Waals surface area contributed by atoms with Crippen LogP contribution in [0.3, 0.4) is 0 Å². The van der Waals surface area contributed by atoms with Gasteiger partial charge in [0.15, 0.2) is 0 Å². The molecule has 1 fully saturated rings. The summed E-state index contributed by atoms with van der Waals surface area (Å²) in [6, 6.07) is 12.7. The summed E-state index contributed by atoms with van der Waals surface area (Å²) in [7, 11) is 0. The molecule has 0 aliphatic heterocycles. The van der Waals surface area contributed by atoms with Crippen LogP contribution in [0.4, 0.5) is 20.3 Å². The zero-order valence-corrected chi connectivity index (χ0v) is 14.8. The maximum atomic E-state index is 14.4. The Bertz CT molecular complexity index is 842. The molecule has 25 heavy (non-hydrogen) atoms. The third-order valence-corrected chi connectivity index (χ3v) is 5.64. The minimum atomic E-state index is -0.598. The second-order valence-electron chi connectivity index (χ2n) is 5.92. The minimum Gasteiger partial charge on any atom is -0.375 e. The van der Waals surface area contributed by atoms with Crippen molar-refractivity contribution in [3.63, 3.8) is 0 Å². The molecule has 2 aromatic carbocycles. The van der Waals surface area contributed by atoms with Crippen molar-refractivity contribution in [2.45, 2.75) is 23.3 Å². The molecule has 2 N–H and O–H groups in total. The van der Waals surface area contributed by atoms with Gasteiger partial charge in [0, 0.05) is 11.1 Å². The summed E-state index contributed by atoms with van der Waals surface area (Å²) in [5.74, 6) is -0.616. The van der Waals surface area contributed by atoms with Gasteiger partial charge in [-0.1, -0.05) is 30.3 Å². The molecular weight excluding hydrogens is 360 g/mol. The minimum absolute atomic E-state index is 0.0666. The van der Waals surface area contributed by atoms with E-state index in [4.69, 9.17) is 0 Å². The Hall–Kier alpha value is -2.12. The third kappa shape index (κ3) is 3.48. The lowest BCUT2D eigenvalue weighted by atomic mass is 10.0. The van der Waals surface area contributed by atoms with Crippen LogP contribution in [0.5, 0.6) is 0 Å². The maximum Gasteiger partial charge on any atom is 0.147 e. The van der Waals surface area contributed by atoms with E-state index in [-0.39, 0.29) is 10.4 Å². The Morgan fingerprint density at radius 2 is 1.80 bits per heavy atom. The molecule has 128 valence electrons. The van der Waals surface area contributed by atoms with E-state index in [9.17, 15) is 8.78 Å². The van der Waals surface area contributed by atoms with Crippen molar-refractivity contribution in [1.29, 1.82) is 0 Å². The normalized spacial score (nSPS) is 15.0. The number of halogens is 2. The smallest absolute Gasteiger partial charge is 0.147 e. The number of hydrogen-bond donors (Lipinski definition) is 2. The Kier molecular flexibility index (Phi) is 4.35. The fourth-order valence-corrected chi connectivity index (χ4v) is 3.93. The molecule has 1 saturated carbocycles. The molecule has 0 saturated heterocycles. The molecule has 0 bridgehead atoms. The number of aromatic nitrogens is 1. The lowest BCUT2D eigenvalue weighted by molar-refractivity contribution is 0.541. The van der Waals surface area contributed by atoms with E-state index in [1.54, 1.807) is 10.9 Å². The molecule has 1 aromatic heterocycles. The maximum absolute atomic E-state index is 14.4. The van der Waals surface area contributed by atoms with Crippen LogP contribution >= 0.6 is 23.3 Å². The molecule has 0 amide bonds. The number of nitrogens with one attached hydrogen (secondary N) is 2. The predicted octanol–water partition coefficient (Wildman–Crippen LogP) is 5.64. The Balaban J connectivity index is 1.52. The van der Waals surface area contributed by atoms with Gasteiger partial charge >= 0.3 is 0 Å². The average molecular weight is 375 g/mol. The van der Waals surface area contributed by atoms with Crippen molar-refractivity contribution >= 4 is 34.8 Å². The second-order valence-corrected chi connectivity index (χ2v) is 7.46. The van der Waals surface area contributed by atoms with Crippen molar-refractivity contribution in [2.75, 3.05) is 10.0 Å². The highest BCUT2D eigenvalue weighted by molar-refractivity contribution is 8.00. The number of rotatable bonds is 6. The van der Waals surface area contributed by atoms with Crippen LogP contribution in [0.25, 0.3) is 0 Å². The number of benzene rings is 2. The molecule has 1 aliphatic carbocycles. The summed E-state index contributed by atoms with van der Waals surface area (Å²) in [5.41, 5.74) is 3.03. The standard InChI is InChI=1S/C18H15F2N3S2/c19-14-8-13(22-18(6-7-18)12-4-2-1-3-5-12)9-15(20)17(14)25-23-16-10-24-11-21-16/h1-5,8-11,22-23H,6-7H2. The lowest BCUT2D eigenvalue weighted by Gasteiger charge is -2.20. The van der Waals surface area contributed by atoms with E-state index in [0.717, 1.165) is 30.4 Å². The van der Waals surface area contributed by atoms with E-state index >= 15 is 0 Å². The van der Waals surface area contributed by atoms with Crippen molar-refractivity contribution in [2.24, 2.45) is 0 Å². The number of hydrogen-bond acceptors (Lipinski definition) is 5. The summed E-state index contributed by atoms with van der Waals surface area (Å²) >= 11 is 2.30. The first-order valence-electron chi connectivity index (χ1n) is 7.80. The van der Waals surface area contributed by atoms with Crippen LogP contribution in [-0.4, -0.2) is 4.98 Å². The summed E-state index contributed by atoms with van der Waals surface area (Å²) in [6.45, 7) is 0. The highest BCUT2D eigenvalue weighted by atomic mass is 32.2. The van der Waals surface area contributed by atoms with Crippen LogP contribution < -0.4 is 10.0 Å². The topological polar surface area (TPSA) is 37.0 Å². The summed E-state index contributed by atoms with van der Waals surface area (Å²) in [4.78, 5) is 3.96. The molecule has 0 spiro atoms. The summed E-state index contributed by atoms with van der Waals surface area (Å²) in [6.07, 6.45) is 1.89. The van der Waals surface area contributed by atoms with E-state index in [1.807, 2.05) is 30.3 Å². The van der Waals surface area contributed by atoms with Crippen molar-refractivity contribution in [3.8, 4) is 0 Å². The van der Waals surface area contributed by atoms with Gasteiger partial charge in [-0.3, -0.25) is 0 Å². The highest BCUT2D eigenvalue weighted by Gasteiger charge is 2.44. The Morgan fingerprint density at radius 3 is 2.40 bits per heavy atom. The van der Waals surface area contributed by atoms with Gasteiger partial charge in [-0.15, -0.1) is 11.3 Å². The van der Waals surface area contributed by atoms with Crippen molar-refractivity contribution in [3.05, 3.63) is 70.6 Å². The van der Waals surface area contributed by atoms with Gasteiger partial charge in [0.1, 0.15) is 22.3 Å². The van der Waals surface area contributed by atoms with Crippen LogP contribution in [0.15, 0.2) is 58.3 Å². The van der Waals surface area contributed by atoms with Crippen LogP contribution in [0, 0.1) is 11.6 Å². The van der Waals surface area contributed by atoms with Gasteiger partial charge in [-0.05, 0) is 42.5 Å². The summed E-state index contributed by atoms with van der Waals surface area (Å²) < 4.78 is 31.6. The molecule has 1 heterocycles. The predicted molar refractivity (Wildman–Crippen MR) is 98.9 cm³/mol. The van der Waals surface area contributed by atoms with Gasteiger partial charge < -0.3 is 10.0 Å². The summed E-state index contributed by atoms with van der Waals surface area (Å²) in [5, 5.41) is 5.08. The van der Waals surface area contributed by atoms with Gasteiger partial charge in [-0.2, -0.15) is 0 Å². The first kappa shape index (κ1) is 16.4. The number of nitrogens with zero attached hydrogens (tertiary/aromatic N) is 1. The molecule has 0 radical (unpaired) electrons. The van der Waals surface area contributed by atoms with Crippen LogP contribution in [0.1, 0.15) is 18.4 Å². The monoisotopic (exact) mass is 375 g/mol. The largest absolute Gasteiger partial charge is 0.375 e. The number of anilines is 2. The first-order chi connectivity index (χ1) is 12.2. The molecule has 7 heteroatoms. The van der Waals surface area contributed by atoms with Crippen LogP contribution in [-0.2, 0) is 5.54 Å². The molecule has 0 unspecified atom stereocenters. The van der Waals surface area contributed by atoms with E-state index < -0.39 is 11.6 Å². The van der Waals surface area contributed by atoms with Crippen LogP contribution in [0.2, 0.25) is 0 Å². The third-order valence-electron chi connectivity index (χ3n) is 4.15. The first-order valence-corrected chi connectivity index (χ1v) is 9.56. The van der Waals surface area contributed by atoms with Gasteiger partial charge in [0.05, 0.1) is 11.0 Å². The molecule has 3 aromatic rings. The fourth-order valence-electron chi connectivity index (χ4n) is 2.74. The van der Waals surface area contributed by atoms with Crippen molar-refractivity contribution < 1.29 is 8.78 Å². The van der Waals surface area contributed by atoms with Gasteiger partial charge in [0.25, 0.3) is 0 Å². The Morgan fingerprint density at radius 1 is 1.08 bits per heavy atom. The van der Waals surface area contributed by atoms with E-state index in [2.05, 4.69) is 15.0 Å². The Labute approximate surface area is 152 Å². The van der Waals surface area contributed by atoms with Crippen molar-refractivity contribution in [1.82, 2.24) is 4.98 Å². The molecule has 4 rings (SSSR count).